The number of carbonyl (C=O) groups is 1. The first-order valence-corrected chi connectivity index (χ1v) is 11.6. The number of nitrogens with zero attached hydrogens (tertiary/aromatic N) is 3. The summed E-state index contributed by atoms with van der Waals surface area (Å²) >= 11 is 0. The van der Waals surface area contributed by atoms with Gasteiger partial charge in [-0.2, -0.15) is 0 Å². The number of hydrogen-bond donors (Lipinski definition) is 0. The molecule has 2 aromatic heterocycles. The standard InChI is InChI=1S/C29H21N3O2/c1-2-34-28(33)25-24(23-16-15-17-9-3-6-12-20(17)30-23)29(25)19-11-5-4-10-18(19)26-27(29)32-22-14-8-7-13-21(22)31-26/h3-16,24-25H,2H2,1H3/t24-,25+,29+/m1/s1. The SMILES string of the molecule is CCOC(=O)[C@@H]1[C@@H](c2ccc3ccccc3n2)[C@@]12c1ccccc1-c1nc3ccccc3nc12. The highest BCUT2D eigenvalue weighted by atomic mass is 16.5. The average molecular weight is 444 g/mol. The first-order chi connectivity index (χ1) is 16.7. The number of carbonyl (C=O) groups excluding carboxylic acids is 1. The highest BCUT2D eigenvalue weighted by Crippen LogP contribution is 2.73. The maximum absolute atomic E-state index is 13.4. The molecular weight excluding hydrogens is 422 g/mol. The van der Waals surface area contributed by atoms with Crippen LogP contribution in [0.5, 0.6) is 0 Å². The monoisotopic (exact) mass is 443 g/mol. The second-order valence-electron chi connectivity index (χ2n) is 8.96. The van der Waals surface area contributed by atoms with Crippen LogP contribution in [-0.2, 0) is 14.9 Å². The third kappa shape index (κ3) is 2.44. The number of rotatable bonds is 3. The number of aromatic nitrogens is 3. The summed E-state index contributed by atoms with van der Waals surface area (Å²) in [6.45, 7) is 2.18. The van der Waals surface area contributed by atoms with Crippen LogP contribution < -0.4 is 0 Å². The van der Waals surface area contributed by atoms with Crippen LogP contribution in [0.2, 0.25) is 0 Å². The number of benzene rings is 3. The molecule has 164 valence electrons. The molecule has 2 aliphatic carbocycles. The quantitative estimate of drug-likeness (QED) is 0.348. The van der Waals surface area contributed by atoms with Crippen molar-refractivity contribution < 1.29 is 9.53 Å². The molecule has 5 nitrogen and oxygen atoms in total. The van der Waals surface area contributed by atoms with Crippen LogP contribution in [0, 0.1) is 5.92 Å². The molecule has 2 aliphatic rings. The Bertz CT molecular complexity index is 1630. The van der Waals surface area contributed by atoms with E-state index in [9.17, 15) is 4.79 Å². The molecule has 0 aliphatic heterocycles. The number of fused-ring (bicyclic) bond motifs is 7. The summed E-state index contributed by atoms with van der Waals surface area (Å²) in [6, 6.07) is 28.3. The zero-order valence-electron chi connectivity index (χ0n) is 18.6. The maximum atomic E-state index is 13.4. The molecule has 0 unspecified atom stereocenters. The molecule has 1 saturated carbocycles. The Morgan fingerprint density at radius 1 is 0.824 bits per heavy atom. The van der Waals surface area contributed by atoms with Crippen LogP contribution in [-0.4, -0.2) is 27.5 Å². The summed E-state index contributed by atoms with van der Waals surface area (Å²) in [5.41, 5.74) is 6.67. The average Bonchev–Trinajstić information content (AvgIpc) is 3.51. The van der Waals surface area contributed by atoms with E-state index >= 15 is 0 Å². The Morgan fingerprint density at radius 3 is 2.35 bits per heavy atom. The smallest absolute Gasteiger partial charge is 0.310 e. The van der Waals surface area contributed by atoms with Gasteiger partial charge in [0.15, 0.2) is 0 Å². The fourth-order valence-electron chi connectivity index (χ4n) is 5.88. The number of para-hydroxylation sites is 3. The van der Waals surface area contributed by atoms with Gasteiger partial charge in [-0.25, -0.2) is 9.97 Å². The fourth-order valence-corrected chi connectivity index (χ4v) is 5.88. The third-order valence-corrected chi connectivity index (χ3v) is 7.27. The lowest BCUT2D eigenvalue weighted by Gasteiger charge is -2.14. The van der Waals surface area contributed by atoms with Crippen molar-refractivity contribution in [2.75, 3.05) is 6.61 Å². The van der Waals surface area contributed by atoms with Gasteiger partial charge in [-0.3, -0.25) is 9.78 Å². The summed E-state index contributed by atoms with van der Waals surface area (Å²) in [4.78, 5) is 28.5. The molecule has 0 amide bonds. The van der Waals surface area contributed by atoms with E-state index in [4.69, 9.17) is 19.7 Å². The van der Waals surface area contributed by atoms with Crippen LogP contribution >= 0.6 is 0 Å². The van der Waals surface area contributed by atoms with E-state index in [1.165, 1.54) is 0 Å². The highest BCUT2D eigenvalue weighted by Gasteiger charge is 2.75. The van der Waals surface area contributed by atoms with Gasteiger partial charge in [0.05, 0.1) is 45.9 Å². The highest BCUT2D eigenvalue weighted by molar-refractivity contribution is 5.93. The maximum Gasteiger partial charge on any atom is 0.310 e. The Hall–Kier alpha value is -4.12. The van der Waals surface area contributed by atoms with Crippen LogP contribution in [0.1, 0.15) is 29.8 Å². The van der Waals surface area contributed by atoms with Gasteiger partial charge in [-0.15, -0.1) is 0 Å². The topological polar surface area (TPSA) is 65.0 Å². The minimum absolute atomic E-state index is 0.172. The van der Waals surface area contributed by atoms with Gasteiger partial charge in [0.25, 0.3) is 0 Å². The molecule has 1 fully saturated rings. The number of ether oxygens (including phenoxy) is 1. The van der Waals surface area contributed by atoms with Gasteiger partial charge < -0.3 is 4.74 Å². The third-order valence-electron chi connectivity index (χ3n) is 7.27. The number of esters is 1. The van der Waals surface area contributed by atoms with E-state index in [1.54, 1.807) is 0 Å². The molecule has 0 bridgehead atoms. The van der Waals surface area contributed by atoms with Crippen LogP contribution in [0.15, 0.2) is 84.9 Å². The van der Waals surface area contributed by atoms with Gasteiger partial charge >= 0.3 is 5.97 Å². The van der Waals surface area contributed by atoms with E-state index in [2.05, 4.69) is 24.3 Å². The largest absolute Gasteiger partial charge is 0.466 e. The van der Waals surface area contributed by atoms with E-state index < -0.39 is 11.3 Å². The lowest BCUT2D eigenvalue weighted by atomic mass is 9.91. The molecule has 5 heteroatoms. The summed E-state index contributed by atoms with van der Waals surface area (Å²) in [5.74, 6) is -0.784. The summed E-state index contributed by atoms with van der Waals surface area (Å²) in [6.07, 6.45) is 0. The summed E-state index contributed by atoms with van der Waals surface area (Å²) in [5, 5.41) is 1.08. The Kier molecular flexibility index (Phi) is 3.95. The molecule has 0 radical (unpaired) electrons. The van der Waals surface area contributed by atoms with E-state index in [-0.39, 0.29) is 11.9 Å². The van der Waals surface area contributed by atoms with Crippen LogP contribution in [0.3, 0.4) is 0 Å². The molecule has 1 spiro atoms. The Balaban J connectivity index is 1.51. The van der Waals surface area contributed by atoms with Gasteiger partial charge in [-0.1, -0.05) is 60.7 Å². The predicted octanol–water partition coefficient (Wildman–Crippen LogP) is 5.42. The lowest BCUT2D eigenvalue weighted by molar-refractivity contribution is -0.145. The molecule has 5 aromatic rings. The fraction of sp³-hybridized carbons (Fsp3) is 0.172. The second kappa shape index (κ2) is 6.94. The molecule has 3 aromatic carbocycles. The van der Waals surface area contributed by atoms with E-state index in [0.29, 0.717) is 6.61 Å². The van der Waals surface area contributed by atoms with E-state index in [1.807, 2.05) is 67.6 Å². The van der Waals surface area contributed by atoms with Crippen LogP contribution in [0.4, 0.5) is 0 Å². The van der Waals surface area contributed by atoms with Crippen molar-refractivity contribution in [3.8, 4) is 11.3 Å². The van der Waals surface area contributed by atoms with Gasteiger partial charge in [-0.05, 0) is 36.8 Å². The Labute approximate surface area is 196 Å². The molecule has 0 N–H and O–H groups in total. The minimum Gasteiger partial charge on any atom is -0.466 e. The van der Waals surface area contributed by atoms with Crippen molar-refractivity contribution in [2.45, 2.75) is 18.3 Å². The van der Waals surface area contributed by atoms with Crippen LogP contribution in [0.25, 0.3) is 33.2 Å². The van der Waals surface area contributed by atoms with Crippen molar-refractivity contribution >= 4 is 27.9 Å². The lowest BCUT2D eigenvalue weighted by Crippen LogP contribution is -2.18. The van der Waals surface area contributed by atoms with Crippen molar-refractivity contribution in [1.82, 2.24) is 15.0 Å². The second-order valence-corrected chi connectivity index (χ2v) is 8.96. The van der Waals surface area contributed by atoms with Crippen molar-refractivity contribution in [3.05, 3.63) is 102 Å². The van der Waals surface area contributed by atoms with Crippen molar-refractivity contribution in [3.63, 3.8) is 0 Å². The van der Waals surface area contributed by atoms with Gasteiger partial charge in [0.2, 0.25) is 0 Å². The Morgan fingerprint density at radius 2 is 1.53 bits per heavy atom. The number of hydrogen-bond acceptors (Lipinski definition) is 5. The predicted molar refractivity (Wildman–Crippen MR) is 130 cm³/mol. The summed E-state index contributed by atoms with van der Waals surface area (Å²) < 4.78 is 5.59. The molecular formula is C29H21N3O2. The van der Waals surface area contributed by atoms with Crippen molar-refractivity contribution in [2.24, 2.45) is 5.92 Å². The van der Waals surface area contributed by atoms with Gasteiger partial charge in [0, 0.05) is 22.6 Å². The first kappa shape index (κ1) is 19.4. The molecule has 34 heavy (non-hydrogen) atoms. The molecule has 7 rings (SSSR count). The van der Waals surface area contributed by atoms with Gasteiger partial charge in [0.1, 0.15) is 0 Å². The van der Waals surface area contributed by atoms with E-state index in [0.717, 1.165) is 50.1 Å². The molecule has 2 heterocycles. The normalized spacial score (nSPS) is 22.0. The first-order valence-electron chi connectivity index (χ1n) is 11.6. The molecule has 0 saturated heterocycles. The zero-order valence-corrected chi connectivity index (χ0v) is 18.6. The zero-order chi connectivity index (χ0) is 22.9. The van der Waals surface area contributed by atoms with Crippen molar-refractivity contribution in [1.29, 1.82) is 0 Å². The summed E-state index contributed by atoms with van der Waals surface area (Å²) in [7, 11) is 0. The molecule has 3 atom stereocenters. The minimum atomic E-state index is -0.634. The number of pyridine rings is 1.